The van der Waals surface area contributed by atoms with Crippen LogP contribution in [-0.2, 0) is 0 Å². The average Bonchev–Trinajstić information content (AvgIpc) is 2.29. The van der Waals surface area contributed by atoms with Crippen LogP contribution in [-0.4, -0.2) is 12.3 Å². The third-order valence-electron chi connectivity index (χ3n) is 2.71. The number of benzene rings is 1. The van der Waals surface area contributed by atoms with Gasteiger partial charge in [-0.25, -0.2) is 4.39 Å². The van der Waals surface area contributed by atoms with Gasteiger partial charge in [-0.3, -0.25) is 0 Å². The molecule has 16 heavy (non-hydrogen) atoms. The average molecular weight is 241 g/mol. The van der Waals surface area contributed by atoms with Crippen molar-refractivity contribution < 1.29 is 4.39 Å². The Labute approximate surface area is 102 Å². The molecule has 3 heteroatoms. The van der Waals surface area contributed by atoms with E-state index in [2.05, 4.69) is 13.8 Å². The lowest BCUT2D eigenvalue weighted by molar-refractivity contribution is 0.624. The van der Waals surface area contributed by atoms with Crippen LogP contribution in [0.15, 0.2) is 24.3 Å². The first-order valence-corrected chi connectivity index (χ1v) is 6.79. The van der Waals surface area contributed by atoms with E-state index in [1.807, 2.05) is 17.8 Å². The standard InChI is InChI=1S/C13H20FNS/c1-3-10(2)9-16-13(8-15)11-5-4-6-12(14)7-11/h4-7,10,13H,3,8-9,15H2,1-2H3. The molecule has 0 amide bonds. The lowest BCUT2D eigenvalue weighted by Crippen LogP contribution is -2.11. The van der Waals surface area contributed by atoms with Gasteiger partial charge in [-0.2, -0.15) is 11.8 Å². The topological polar surface area (TPSA) is 26.0 Å². The summed E-state index contributed by atoms with van der Waals surface area (Å²) in [7, 11) is 0. The molecule has 0 heterocycles. The minimum absolute atomic E-state index is 0.180. The Bertz CT molecular complexity index is 317. The van der Waals surface area contributed by atoms with Crippen LogP contribution < -0.4 is 5.73 Å². The summed E-state index contributed by atoms with van der Waals surface area (Å²) in [6.07, 6.45) is 1.17. The number of halogens is 1. The molecule has 0 fully saturated rings. The van der Waals surface area contributed by atoms with Crippen molar-refractivity contribution in [3.63, 3.8) is 0 Å². The van der Waals surface area contributed by atoms with E-state index >= 15 is 0 Å². The summed E-state index contributed by atoms with van der Waals surface area (Å²) < 4.78 is 13.1. The van der Waals surface area contributed by atoms with E-state index in [0.717, 1.165) is 11.3 Å². The van der Waals surface area contributed by atoms with Crippen LogP contribution in [0.3, 0.4) is 0 Å². The fourth-order valence-corrected chi connectivity index (χ4v) is 2.68. The van der Waals surface area contributed by atoms with E-state index in [0.29, 0.717) is 12.5 Å². The first kappa shape index (κ1) is 13.5. The van der Waals surface area contributed by atoms with Crippen molar-refractivity contribution in [2.45, 2.75) is 25.5 Å². The van der Waals surface area contributed by atoms with Gasteiger partial charge >= 0.3 is 0 Å². The Morgan fingerprint density at radius 3 is 2.75 bits per heavy atom. The summed E-state index contributed by atoms with van der Waals surface area (Å²) in [6, 6.07) is 6.75. The molecule has 0 aromatic heterocycles. The first-order chi connectivity index (χ1) is 7.67. The van der Waals surface area contributed by atoms with Crippen molar-refractivity contribution in [3.8, 4) is 0 Å². The highest BCUT2D eigenvalue weighted by Crippen LogP contribution is 2.30. The van der Waals surface area contributed by atoms with Crippen molar-refractivity contribution in [1.82, 2.24) is 0 Å². The van der Waals surface area contributed by atoms with Gasteiger partial charge in [0.15, 0.2) is 0 Å². The van der Waals surface area contributed by atoms with E-state index in [1.165, 1.54) is 12.5 Å². The Hall–Kier alpha value is -0.540. The van der Waals surface area contributed by atoms with Crippen molar-refractivity contribution in [2.75, 3.05) is 12.3 Å². The van der Waals surface area contributed by atoms with Gasteiger partial charge in [0.05, 0.1) is 0 Å². The van der Waals surface area contributed by atoms with Crippen LogP contribution in [0.2, 0.25) is 0 Å². The smallest absolute Gasteiger partial charge is 0.123 e. The van der Waals surface area contributed by atoms with Gasteiger partial charge in [0.2, 0.25) is 0 Å². The Morgan fingerprint density at radius 1 is 1.44 bits per heavy atom. The molecule has 2 atom stereocenters. The quantitative estimate of drug-likeness (QED) is 0.823. The van der Waals surface area contributed by atoms with Gasteiger partial charge < -0.3 is 5.73 Å². The predicted molar refractivity (Wildman–Crippen MR) is 70.1 cm³/mol. The van der Waals surface area contributed by atoms with E-state index < -0.39 is 0 Å². The Morgan fingerprint density at radius 2 is 2.19 bits per heavy atom. The fourth-order valence-electron chi connectivity index (χ4n) is 1.41. The highest BCUT2D eigenvalue weighted by Gasteiger charge is 2.12. The number of hydrogen-bond acceptors (Lipinski definition) is 2. The fraction of sp³-hybridized carbons (Fsp3) is 0.538. The van der Waals surface area contributed by atoms with Crippen molar-refractivity contribution >= 4 is 11.8 Å². The molecular weight excluding hydrogens is 221 g/mol. The van der Waals surface area contributed by atoms with Crippen LogP contribution in [0.25, 0.3) is 0 Å². The van der Waals surface area contributed by atoms with Gasteiger partial charge in [-0.15, -0.1) is 0 Å². The summed E-state index contributed by atoms with van der Waals surface area (Å²) >= 11 is 1.82. The van der Waals surface area contributed by atoms with Crippen LogP contribution in [0, 0.1) is 11.7 Å². The van der Waals surface area contributed by atoms with Gasteiger partial charge in [-0.1, -0.05) is 32.4 Å². The largest absolute Gasteiger partial charge is 0.329 e. The van der Waals surface area contributed by atoms with E-state index in [9.17, 15) is 4.39 Å². The van der Waals surface area contributed by atoms with Crippen LogP contribution in [0.5, 0.6) is 0 Å². The molecule has 0 spiro atoms. The maximum absolute atomic E-state index is 13.1. The normalized spacial score (nSPS) is 14.8. The van der Waals surface area contributed by atoms with E-state index in [-0.39, 0.29) is 11.1 Å². The maximum atomic E-state index is 13.1. The SMILES string of the molecule is CCC(C)CSC(CN)c1cccc(F)c1. The molecule has 2 N–H and O–H groups in total. The maximum Gasteiger partial charge on any atom is 0.123 e. The molecule has 1 nitrogen and oxygen atoms in total. The zero-order chi connectivity index (χ0) is 12.0. The molecule has 2 unspecified atom stereocenters. The number of hydrogen-bond donors (Lipinski definition) is 1. The second-order valence-corrected chi connectivity index (χ2v) is 5.36. The summed E-state index contributed by atoms with van der Waals surface area (Å²) in [4.78, 5) is 0. The lowest BCUT2D eigenvalue weighted by atomic mass is 10.1. The number of rotatable bonds is 6. The zero-order valence-corrected chi connectivity index (χ0v) is 10.8. The molecule has 0 aliphatic heterocycles. The van der Waals surface area contributed by atoms with Gasteiger partial charge in [0.25, 0.3) is 0 Å². The minimum Gasteiger partial charge on any atom is -0.329 e. The molecule has 1 aromatic rings. The molecule has 90 valence electrons. The third-order valence-corrected chi connectivity index (χ3v) is 4.34. The molecule has 1 aromatic carbocycles. The van der Waals surface area contributed by atoms with Crippen LogP contribution in [0.4, 0.5) is 4.39 Å². The minimum atomic E-state index is -0.180. The van der Waals surface area contributed by atoms with E-state index in [1.54, 1.807) is 12.1 Å². The van der Waals surface area contributed by atoms with Gasteiger partial charge in [-0.05, 0) is 29.4 Å². The Balaban J connectivity index is 2.60. The summed E-state index contributed by atoms with van der Waals surface area (Å²) in [5.74, 6) is 1.59. The van der Waals surface area contributed by atoms with Crippen molar-refractivity contribution in [3.05, 3.63) is 35.6 Å². The molecular formula is C13H20FNS. The Kier molecular flexibility index (Phi) is 5.85. The van der Waals surface area contributed by atoms with Crippen molar-refractivity contribution in [1.29, 1.82) is 0 Å². The van der Waals surface area contributed by atoms with Crippen LogP contribution >= 0.6 is 11.8 Å². The number of thioether (sulfide) groups is 1. The second kappa shape index (κ2) is 6.92. The zero-order valence-electron chi connectivity index (χ0n) is 9.95. The molecule has 0 saturated carbocycles. The summed E-state index contributed by atoms with van der Waals surface area (Å²) in [5.41, 5.74) is 6.74. The third kappa shape index (κ3) is 4.14. The van der Waals surface area contributed by atoms with Crippen molar-refractivity contribution in [2.24, 2.45) is 11.7 Å². The first-order valence-electron chi connectivity index (χ1n) is 5.74. The molecule has 0 bridgehead atoms. The molecule has 0 aliphatic carbocycles. The summed E-state index contributed by atoms with van der Waals surface area (Å²) in [6.45, 7) is 4.97. The van der Waals surface area contributed by atoms with Gasteiger partial charge in [0.1, 0.15) is 5.82 Å². The molecule has 0 saturated heterocycles. The monoisotopic (exact) mass is 241 g/mol. The van der Waals surface area contributed by atoms with Gasteiger partial charge in [0, 0.05) is 11.8 Å². The molecule has 1 rings (SSSR count). The molecule has 0 aliphatic rings. The van der Waals surface area contributed by atoms with E-state index in [4.69, 9.17) is 5.73 Å². The summed E-state index contributed by atoms with van der Waals surface area (Å²) in [5, 5.41) is 0.213. The van der Waals surface area contributed by atoms with Crippen LogP contribution in [0.1, 0.15) is 31.1 Å². The molecule has 0 radical (unpaired) electrons. The number of nitrogens with two attached hydrogens (primary N) is 1. The second-order valence-electron chi connectivity index (χ2n) is 4.13. The lowest BCUT2D eigenvalue weighted by Gasteiger charge is -2.17. The highest BCUT2D eigenvalue weighted by atomic mass is 32.2. The predicted octanol–water partition coefficient (Wildman–Crippen LogP) is 3.60. The highest BCUT2D eigenvalue weighted by molar-refractivity contribution is 7.99.